The molecule has 0 unspecified atom stereocenters. The molecule has 0 aliphatic rings. The monoisotopic (exact) mass is 692 g/mol. The van der Waals surface area contributed by atoms with Gasteiger partial charge in [-0.05, 0) is 114 Å². The zero-order valence-corrected chi connectivity index (χ0v) is 29.9. The average Bonchev–Trinajstić information content (AvgIpc) is 3.82. The fourth-order valence-corrected chi connectivity index (χ4v) is 9.74. The summed E-state index contributed by atoms with van der Waals surface area (Å²) in [5.41, 5.74) is 10.4. The van der Waals surface area contributed by atoms with Crippen LogP contribution in [-0.4, -0.2) is 0 Å². The van der Waals surface area contributed by atoms with Crippen molar-refractivity contribution in [3.05, 3.63) is 181 Å². The predicted octanol–water partition coefficient (Wildman–Crippen LogP) is 15.2. The van der Waals surface area contributed by atoms with Crippen LogP contribution in [0.5, 0.6) is 0 Å². The molecular weight excluding hydrogens is 661 g/mol. The molecule has 11 rings (SSSR count). The van der Waals surface area contributed by atoms with Crippen molar-refractivity contribution in [2.24, 2.45) is 0 Å². The number of fused-ring (bicyclic) bond motifs is 7. The quantitative estimate of drug-likeness (QED) is 0.167. The zero-order chi connectivity index (χ0) is 35.0. The van der Waals surface area contributed by atoms with Crippen molar-refractivity contribution in [3.63, 3.8) is 0 Å². The number of hydrogen-bond acceptors (Lipinski definition) is 2. The van der Waals surface area contributed by atoms with Crippen LogP contribution < -0.4 is 0 Å². The number of furan rings is 1. The molecule has 0 aliphatic carbocycles. The highest BCUT2D eigenvalue weighted by atomic mass is 32.1. The normalized spacial score (nSPS) is 11.9. The lowest BCUT2D eigenvalue weighted by molar-refractivity contribution is 0.669. The molecule has 2 aromatic heterocycles. The van der Waals surface area contributed by atoms with E-state index in [4.69, 9.17) is 4.42 Å². The van der Waals surface area contributed by atoms with Gasteiger partial charge in [-0.2, -0.15) is 0 Å². The summed E-state index contributed by atoms with van der Waals surface area (Å²) >= 11 is 1.86. The molecule has 0 radical (unpaired) electrons. The highest BCUT2D eigenvalue weighted by Crippen LogP contribution is 2.49. The number of aryl methyl sites for hydroxylation is 1. The van der Waals surface area contributed by atoms with Crippen molar-refractivity contribution in [2.45, 2.75) is 6.92 Å². The minimum atomic E-state index is 0.894. The molecule has 9 aromatic carbocycles. The van der Waals surface area contributed by atoms with Crippen molar-refractivity contribution < 1.29 is 4.42 Å². The molecule has 0 saturated carbocycles. The van der Waals surface area contributed by atoms with Gasteiger partial charge in [0.25, 0.3) is 0 Å². The maximum absolute atomic E-state index is 6.82. The predicted molar refractivity (Wildman–Crippen MR) is 228 cm³/mol. The van der Waals surface area contributed by atoms with Gasteiger partial charge in [0.2, 0.25) is 0 Å². The maximum atomic E-state index is 6.82. The molecule has 53 heavy (non-hydrogen) atoms. The van der Waals surface area contributed by atoms with Gasteiger partial charge in [-0.15, -0.1) is 11.3 Å². The summed E-state index contributed by atoms with van der Waals surface area (Å²) in [4.78, 5) is 2.62. The Labute approximate surface area is 311 Å². The summed E-state index contributed by atoms with van der Waals surface area (Å²) in [6.07, 6.45) is 0. The van der Waals surface area contributed by atoms with Crippen LogP contribution in [-0.2, 0) is 0 Å². The van der Waals surface area contributed by atoms with Gasteiger partial charge in [-0.25, -0.2) is 0 Å². The Morgan fingerprint density at radius 1 is 0.358 bits per heavy atom. The van der Waals surface area contributed by atoms with Gasteiger partial charge in [0.1, 0.15) is 11.2 Å². The Hall–Kier alpha value is -6.48. The van der Waals surface area contributed by atoms with Crippen LogP contribution >= 0.6 is 11.3 Å². The van der Waals surface area contributed by atoms with Gasteiger partial charge in [0, 0.05) is 26.1 Å². The summed E-state index contributed by atoms with van der Waals surface area (Å²) in [5.74, 6) is 0. The molecule has 0 amide bonds. The first-order valence-electron chi connectivity index (χ1n) is 18.2. The lowest BCUT2D eigenvalue weighted by Gasteiger charge is -2.18. The molecule has 0 fully saturated rings. The molecule has 0 saturated heterocycles. The smallest absolute Gasteiger partial charge is 0.136 e. The fourth-order valence-electron chi connectivity index (χ4n) is 8.80. The second-order valence-corrected chi connectivity index (χ2v) is 15.2. The number of benzene rings is 9. The Morgan fingerprint density at radius 3 is 1.42 bits per heavy atom. The summed E-state index contributed by atoms with van der Waals surface area (Å²) < 4.78 is 6.82. The van der Waals surface area contributed by atoms with Gasteiger partial charge >= 0.3 is 0 Å². The zero-order valence-electron chi connectivity index (χ0n) is 29.1. The lowest BCUT2D eigenvalue weighted by atomic mass is 9.85. The third-order valence-electron chi connectivity index (χ3n) is 11.0. The van der Waals surface area contributed by atoms with Crippen LogP contribution in [0, 0.1) is 6.92 Å². The van der Waals surface area contributed by atoms with Crippen molar-refractivity contribution in [1.29, 1.82) is 0 Å². The first kappa shape index (κ1) is 30.2. The first-order chi connectivity index (χ1) is 26.2. The molecule has 2 heterocycles. The van der Waals surface area contributed by atoms with Crippen molar-refractivity contribution in [2.75, 3.05) is 0 Å². The van der Waals surface area contributed by atoms with E-state index in [1.807, 2.05) is 11.3 Å². The largest absolute Gasteiger partial charge is 0.456 e. The van der Waals surface area contributed by atoms with E-state index in [2.05, 4.69) is 183 Å². The Bertz CT molecular complexity index is 3120. The highest BCUT2D eigenvalue weighted by Gasteiger charge is 2.22. The topological polar surface area (TPSA) is 13.1 Å². The fraction of sp³-hybridized carbons (Fsp3) is 0.0196. The third-order valence-corrected chi connectivity index (χ3v) is 12.0. The molecule has 248 valence electrons. The van der Waals surface area contributed by atoms with E-state index in [-0.39, 0.29) is 0 Å². The van der Waals surface area contributed by atoms with E-state index in [1.54, 1.807) is 0 Å². The van der Waals surface area contributed by atoms with E-state index >= 15 is 0 Å². The summed E-state index contributed by atoms with van der Waals surface area (Å²) in [6, 6.07) is 64.1. The minimum Gasteiger partial charge on any atom is -0.456 e. The van der Waals surface area contributed by atoms with Crippen LogP contribution in [0.25, 0.3) is 109 Å². The summed E-state index contributed by atoms with van der Waals surface area (Å²) in [6.45, 7) is 2.19. The van der Waals surface area contributed by atoms with Gasteiger partial charge in [0.15, 0.2) is 0 Å². The van der Waals surface area contributed by atoms with E-state index in [0.717, 1.165) is 27.5 Å². The standard InChI is InChI=1S/C51H32OS/c1-31-26-29-46(53-31)51-40-22-11-7-18-36(40)48(37-19-8-12-23-41(37)51)33-27-28-42-45(30-33)52-44-25-13-24-43(50(42)44)49-38-20-9-5-16-34(38)47(32-14-3-2-4-15-32)35-17-6-10-21-39(35)49/h2-30H,1H3. The van der Waals surface area contributed by atoms with Gasteiger partial charge in [0.05, 0.1) is 0 Å². The summed E-state index contributed by atoms with van der Waals surface area (Å²) in [7, 11) is 0. The van der Waals surface area contributed by atoms with E-state index in [0.29, 0.717) is 0 Å². The molecule has 1 nitrogen and oxygen atoms in total. The van der Waals surface area contributed by atoms with Crippen molar-refractivity contribution in [1.82, 2.24) is 0 Å². The van der Waals surface area contributed by atoms with Gasteiger partial charge in [-0.1, -0.05) is 146 Å². The maximum Gasteiger partial charge on any atom is 0.136 e. The second kappa shape index (κ2) is 11.8. The molecular formula is C51H32OS. The third kappa shape index (κ3) is 4.56. The molecule has 2 heteroatoms. The van der Waals surface area contributed by atoms with Crippen LogP contribution in [0.15, 0.2) is 180 Å². The molecule has 0 N–H and O–H groups in total. The first-order valence-corrected chi connectivity index (χ1v) is 19.0. The van der Waals surface area contributed by atoms with Gasteiger partial charge in [-0.3, -0.25) is 0 Å². The second-order valence-electron chi connectivity index (χ2n) is 14.0. The van der Waals surface area contributed by atoms with Crippen LogP contribution in [0.3, 0.4) is 0 Å². The van der Waals surface area contributed by atoms with Crippen LogP contribution in [0.4, 0.5) is 0 Å². The Kier molecular flexibility index (Phi) is 6.71. The molecule has 0 bridgehead atoms. The Morgan fingerprint density at radius 2 is 0.868 bits per heavy atom. The number of thiophene rings is 1. The lowest BCUT2D eigenvalue weighted by Crippen LogP contribution is -1.91. The molecule has 0 atom stereocenters. The Balaban J connectivity index is 1.18. The molecule has 0 spiro atoms. The van der Waals surface area contributed by atoms with Crippen LogP contribution in [0.2, 0.25) is 0 Å². The SMILES string of the molecule is Cc1ccc(-c2c3ccccc3c(-c3ccc4c(c3)oc3cccc(-c5c6ccccc6c(-c6ccccc6)c6ccccc56)c34)c3ccccc23)s1. The highest BCUT2D eigenvalue weighted by molar-refractivity contribution is 7.15. The molecule has 11 aromatic rings. The number of rotatable bonds is 4. The van der Waals surface area contributed by atoms with E-state index in [9.17, 15) is 0 Å². The minimum absolute atomic E-state index is 0.894. The van der Waals surface area contributed by atoms with Gasteiger partial charge < -0.3 is 4.42 Å². The number of hydrogen-bond donors (Lipinski definition) is 0. The van der Waals surface area contributed by atoms with E-state index < -0.39 is 0 Å². The van der Waals surface area contributed by atoms with E-state index in [1.165, 1.54) is 86.2 Å². The summed E-state index contributed by atoms with van der Waals surface area (Å²) in [5, 5.41) is 12.3. The molecule has 0 aliphatic heterocycles. The average molecular weight is 693 g/mol. The van der Waals surface area contributed by atoms with Crippen molar-refractivity contribution in [3.8, 4) is 43.8 Å². The van der Waals surface area contributed by atoms with Crippen molar-refractivity contribution >= 4 is 76.4 Å². The van der Waals surface area contributed by atoms with Crippen LogP contribution in [0.1, 0.15) is 4.88 Å².